The van der Waals surface area contributed by atoms with E-state index < -0.39 is 0 Å². The van der Waals surface area contributed by atoms with Crippen LogP contribution < -0.4 is 0 Å². The predicted octanol–water partition coefficient (Wildman–Crippen LogP) is 1.66. The summed E-state index contributed by atoms with van der Waals surface area (Å²) in [6.45, 7) is 1.82. The van der Waals surface area contributed by atoms with E-state index in [0.29, 0.717) is 17.7 Å². The molecule has 0 aliphatic carbocycles. The van der Waals surface area contributed by atoms with Crippen LogP contribution in [-0.4, -0.2) is 10.8 Å². The first-order valence-corrected chi connectivity index (χ1v) is 3.73. The molecule has 1 rings (SSSR count). The van der Waals surface area contributed by atoms with Crippen molar-refractivity contribution in [3.63, 3.8) is 0 Å². The van der Waals surface area contributed by atoms with Crippen LogP contribution in [0.15, 0.2) is 18.3 Å². The van der Waals surface area contributed by atoms with Crippen molar-refractivity contribution in [2.24, 2.45) is 0 Å². The predicted molar refractivity (Wildman–Crippen MR) is 46.8 cm³/mol. The minimum atomic E-state index is 0.0890. The van der Waals surface area contributed by atoms with Crippen molar-refractivity contribution in [1.82, 2.24) is 4.98 Å². The molecule has 0 N–H and O–H groups in total. The van der Waals surface area contributed by atoms with Gasteiger partial charge in [0.05, 0.1) is 0 Å². The smallest absolute Gasteiger partial charge is 0.164 e. The Morgan fingerprint density at radius 2 is 2.42 bits per heavy atom. The number of hydrogen-bond acceptors (Lipinski definition) is 2. The molecular weight excluding hydrogens is 150 g/mol. The third kappa shape index (κ3) is 1.70. The second-order valence-electron chi connectivity index (χ2n) is 2.35. The van der Waals surface area contributed by atoms with Gasteiger partial charge in [0.15, 0.2) is 5.78 Å². The van der Waals surface area contributed by atoms with Gasteiger partial charge in [0, 0.05) is 18.2 Å². The Labute approximate surface area is 71.6 Å². The summed E-state index contributed by atoms with van der Waals surface area (Å²) in [5.74, 6) is 2.48. The molecule has 0 atom stereocenters. The second-order valence-corrected chi connectivity index (χ2v) is 2.35. The van der Waals surface area contributed by atoms with Crippen molar-refractivity contribution in [1.29, 1.82) is 0 Å². The molecule has 0 radical (unpaired) electrons. The summed E-state index contributed by atoms with van der Waals surface area (Å²) in [5, 5.41) is 0. The van der Waals surface area contributed by atoms with Crippen LogP contribution in [0.1, 0.15) is 29.4 Å². The first-order valence-electron chi connectivity index (χ1n) is 3.73. The van der Waals surface area contributed by atoms with Gasteiger partial charge in [-0.2, -0.15) is 0 Å². The lowest BCUT2D eigenvalue weighted by Gasteiger charge is -1.95. The highest BCUT2D eigenvalue weighted by molar-refractivity contribution is 5.95. The summed E-state index contributed by atoms with van der Waals surface area (Å²) in [6.07, 6.45) is 7.12. The zero-order valence-corrected chi connectivity index (χ0v) is 6.87. The highest BCUT2D eigenvalue weighted by atomic mass is 16.1. The largest absolute Gasteiger partial charge is 0.294 e. The topological polar surface area (TPSA) is 30.0 Å². The Kier molecular flexibility index (Phi) is 2.60. The highest BCUT2D eigenvalue weighted by Crippen LogP contribution is 2.02. The summed E-state index contributed by atoms with van der Waals surface area (Å²) >= 11 is 0. The maximum absolute atomic E-state index is 11.1. The Bertz CT molecular complexity index is 319. The monoisotopic (exact) mass is 159 g/mol. The highest BCUT2D eigenvalue weighted by Gasteiger charge is 2.01. The number of Topliss-reactive ketones (excluding diaryl/α,β-unsaturated/α-hetero) is 1. The average molecular weight is 159 g/mol. The molecule has 0 amide bonds. The molecule has 60 valence electrons. The Morgan fingerprint density at radius 3 is 2.83 bits per heavy atom. The van der Waals surface area contributed by atoms with E-state index >= 15 is 0 Å². The Morgan fingerprint density at radius 1 is 1.67 bits per heavy atom. The zero-order chi connectivity index (χ0) is 8.97. The molecule has 1 heterocycles. The van der Waals surface area contributed by atoms with Crippen LogP contribution in [-0.2, 0) is 0 Å². The third-order valence-corrected chi connectivity index (χ3v) is 1.55. The van der Waals surface area contributed by atoms with Crippen LogP contribution in [0.4, 0.5) is 0 Å². The fourth-order valence-electron chi connectivity index (χ4n) is 0.848. The van der Waals surface area contributed by atoms with E-state index in [2.05, 4.69) is 10.9 Å². The molecule has 2 heteroatoms. The molecule has 12 heavy (non-hydrogen) atoms. The molecule has 0 aliphatic heterocycles. The van der Waals surface area contributed by atoms with Crippen LogP contribution in [0, 0.1) is 12.3 Å². The third-order valence-electron chi connectivity index (χ3n) is 1.55. The molecule has 0 aliphatic rings. The van der Waals surface area contributed by atoms with E-state index in [9.17, 15) is 4.79 Å². The number of carbonyl (C=O) groups excluding carboxylic acids is 1. The van der Waals surface area contributed by atoms with Gasteiger partial charge in [0.25, 0.3) is 0 Å². The maximum atomic E-state index is 11.1. The maximum Gasteiger partial charge on any atom is 0.164 e. The van der Waals surface area contributed by atoms with Crippen molar-refractivity contribution >= 4 is 5.78 Å². The summed E-state index contributed by atoms with van der Waals surface area (Å²) in [7, 11) is 0. The number of carbonyl (C=O) groups is 1. The van der Waals surface area contributed by atoms with E-state index in [1.54, 1.807) is 12.1 Å². The lowest BCUT2D eigenvalue weighted by atomic mass is 10.1. The minimum Gasteiger partial charge on any atom is -0.294 e. The molecule has 0 fully saturated rings. The van der Waals surface area contributed by atoms with Crippen molar-refractivity contribution in [3.8, 4) is 12.3 Å². The van der Waals surface area contributed by atoms with Crippen molar-refractivity contribution in [3.05, 3.63) is 29.6 Å². The molecule has 1 aromatic heterocycles. The average Bonchev–Trinajstić information content (AvgIpc) is 2.17. The number of nitrogens with zero attached hydrogens (tertiary/aromatic N) is 1. The number of pyridine rings is 1. The van der Waals surface area contributed by atoms with Gasteiger partial charge >= 0.3 is 0 Å². The molecule has 0 unspecified atom stereocenters. The standard InChI is InChI=1S/C10H9NO/c1-3-9-6-5-8(7-11-9)10(12)4-2/h1,5-7H,4H2,2H3. The molecule has 2 nitrogen and oxygen atoms in total. The Hall–Kier alpha value is -1.62. The van der Waals surface area contributed by atoms with Gasteiger partial charge in [-0.3, -0.25) is 4.79 Å². The minimum absolute atomic E-state index is 0.0890. The van der Waals surface area contributed by atoms with Gasteiger partial charge in [-0.05, 0) is 12.1 Å². The lowest BCUT2D eigenvalue weighted by molar-refractivity contribution is 0.0988. The van der Waals surface area contributed by atoms with Crippen molar-refractivity contribution < 1.29 is 4.79 Å². The van der Waals surface area contributed by atoms with Crippen LogP contribution in [0.5, 0.6) is 0 Å². The Balaban J connectivity index is 2.94. The zero-order valence-electron chi connectivity index (χ0n) is 6.87. The van der Waals surface area contributed by atoms with Gasteiger partial charge < -0.3 is 0 Å². The quantitative estimate of drug-likeness (QED) is 0.485. The number of rotatable bonds is 2. The van der Waals surface area contributed by atoms with Crippen molar-refractivity contribution in [2.45, 2.75) is 13.3 Å². The molecule has 0 saturated heterocycles. The second kappa shape index (κ2) is 3.68. The SMILES string of the molecule is C#Cc1ccc(C(=O)CC)cn1. The molecule has 0 aromatic carbocycles. The molecule has 1 aromatic rings. The van der Waals surface area contributed by atoms with Gasteiger partial charge in [-0.1, -0.05) is 12.8 Å². The van der Waals surface area contributed by atoms with E-state index in [4.69, 9.17) is 6.42 Å². The summed E-state index contributed by atoms with van der Waals surface area (Å²) in [5.41, 5.74) is 1.18. The van der Waals surface area contributed by atoms with E-state index in [0.717, 1.165) is 0 Å². The first kappa shape index (κ1) is 8.48. The first-order chi connectivity index (χ1) is 5.77. The van der Waals surface area contributed by atoms with Crippen LogP contribution in [0.25, 0.3) is 0 Å². The molecule has 0 saturated carbocycles. The number of terminal acetylenes is 1. The van der Waals surface area contributed by atoms with Gasteiger partial charge in [-0.15, -0.1) is 6.42 Å². The fourth-order valence-corrected chi connectivity index (χ4v) is 0.848. The van der Waals surface area contributed by atoms with Crippen molar-refractivity contribution in [2.75, 3.05) is 0 Å². The van der Waals surface area contributed by atoms with Crippen LogP contribution in [0.3, 0.4) is 0 Å². The number of aromatic nitrogens is 1. The fraction of sp³-hybridized carbons (Fsp3) is 0.200. The van der Waals surface area contributed by atoms with Crippen LogP contribution in [0.2, 0.25) is 0 Å². The molecule has 0 bridgehead atoms. The summed E-state index contributed by atoms with van der Waals surface area (Å²) in [4.78, 5) is 15.0. The van der Waals surface area contributed by atoms with E-state index in [1.165, 1.54) is 6.20 Å². The number of ketones is 1. The molecular formula is C10H9NO. The molecule has 0 spiro atoms. The summed E-state index contributed by atoms with van der Waals surface area (Å²) < 4.78 is 0. The van der Waals surface area contributed by atoms with Gasteiger partial charge in [-0.25, -0.2) is 4.98 Å². The van der Waals surface area contributed by atoms with Gasteiger partial charge in [0.1, 0.15) is 5.69 Å². The number of hydrogen-bond donors (Lipinski definition) is 0. The van der Waals surface area contributed by atoms with Crippen LogP contribution >= 0.6 is 0 Å². The lowest BCUT2D eigenvalue weighted by Crippen LogP contribution is -1.97. The normalized spacial score (nSPS) is 9.00. The van der Waals surface area contributed by atoms with E-state index in [-0.39, 0.29) is 5.78 Å². The van der Waals surface area contributed by atoms with Gasteiger partial charge in [0.2, 0.25) is 0 Å². The summed E-state index contributed by atoms with van der Waals surface area (Å²) in [6, 6.07) is 3.37. The van der Waals surface area contributed by atoms with E-state index in [1.807, 2.05) is 6.92 Å².